The second-order valence-corrected chi connectivity index (χ2v) is 7.28. The van der Waals surface area contributed by atoms with Crippen LogP contribution < -0.4 is 10.6 Å². The van der Waals surface area contributed by atoms with Gasteiger partial charge in [-0.25, -0.2) is 0 Å². The lowest BCUT2D eigenvalue weighted by atomic mass is 9.88. The maximum atomic E-state index is 5.08. The lowest BCUT2D eigenvalue weighted by Crippen LogP contribution is -2.53. The molecule has 2 unspecified atom stereocenters. The summed E-state index contributed by atoms with van der Waals surface area (Å²) in [6, 6.07) is 0. The Balaban J connectivity index is 0.00000484. The summed E-state index contributed by atoms with van der Waals surface area (Å²) in [5.41, 5.74) is 0.0898. The number of likely N-dealkylation sites (tertiary alicyclic amines) is 1. The van der Waals surface area contributed by atoms with Crippen LogP contribution in [-0.4, -0.2) is 62.8 Å². The van der Waals surface area contributed by atoms with E-state index >= 15 is 0 Å². The molecule has 0 saturated carbocycles. The van der Waals surface area contributed by atoms with E-state index in [4.69, 9.17) is 9.73 Å². The predicted molar refractivity (Wildman–Crippen MR) is 110 cm³/mol. The molecule has 2 N–H and O–H groups in total. The zero-order chi connectivity index (χ0) is 16.6. The summed E-state index contributed by atoms with van der Waals surface area (Å²) in [4.78, 5) is 7.38. The van der Waals surface area contributed by atoms with Crippen LogP contribution in [0.25, 0.3) is 0 Å². The Hall–Kier alpha value is -0.0800. The highest BCUT2D eigenvalue weighted by Crippen LogP contribution is 2.27. The number of guanidine groups is 1. The standard InChI is InChI=1S/C17H36N4O.HI/c1-7-18-16(19-8-9-22-6)20-13-17(4,5)21-11-14(2)10-15(3)12-21;/h14-15H,7-13H2,1-6H3,(H2,18,19,20);1H. The Morgan fingerprint density at radius 3 is 2.35 bits per heavy atom. The second-order valence-electron chi connectivity index (χ2n) is 7.28. The summed E-state index contributed by atoms with van der Waals surface area (Å²) < 4.78 is 5.08. The zero-order valence-corrected chi connectivity index (χ0v) is 18.1. The van der Waals surface area contributed by atoms with Gasteiger partial charge in [-0.3, -0.25) is 9.89 Å². The number of aliphatic imine (C=N–C) groups is 1. The third kappa shape index (κ3) is 8.54. The van der Waals surface area contributed by atoms with Crippen molar-refractivity contribution in [1.29, 1.82) is 0 Å². The van der Waals surface area contributed by atoms with Crippen molar-refractivity contribution < 1.29 is 4.74 Å². The van der Waals surface area contributed by atoms with Crippen LogP contribution in [0.4, 0.5) is 0 Å². The molecule has 1 aliphatic heterocycles. The fourth-order valence-corrected chi connectivity index (χ4v) is 3.14. The number of nitrogens with one attached hydrogen (secondary N) is 2. The molecule has 6 heteroatoms. The first-order valence-electron chi connectivity index (χ1n) is 8.65. The summed E-state index contributed by atoms with van der Waals surface area (Å²) in [5.74, 6) is 2.44. The number of piperidine rings is 1. The molecule has 0 amide bonds. The first kappa shape index (κ1) is 22.9. The van der Waals surface area contributed by atoms with Crippen LogP contribution in [0.2, 0.25) is 0 Å². The Bertz CT molecular complexity index is 339. The minimum absolute atomic E-state index is 0. The maximum Gasteiger partial charge on any atom is 0.191 e. The van der Waals surface area contributed by atoms with E-state index in [0.717, 1.165) is 37.4 Å². The van der Waals surface area contributed by atoms with Gasteiger partial charge in [-0.15, -0.1) is 24.0 Å². The fraction of sp³-hybridized carbons (Fsp3) is 0.941. The molecule has 1 heterocycles. The minimum Gasteiger partial charge on any atom is -0.383 e. The van der Waals surface area contributed by atoms with Gasteiger partial charge in [0.2, 0.25) is 0 Å². The number of methoxy groups -OCH3 is 1. The molecule has 23 heavy (non-hydrogen) atoms. The van der Waals surface area contributed by atoms with Crippen LogP contribution in [0, 0.1) is 11.8 Å². The van der Waals surface area contributed by atoms with Crippen LogP contribution in [-0.2, 0) is 4.74 Å². The fourth-order valence-electron chi connectivity index (χ4n) is 3.14. The Kier molecular flexibility index (Phi) is 11.4. The van der Waals surface area contributed by atoms with Gasteiger partial charge in [-0.05, 0) is 39.0 Å². The lowest BCUT2D eigenvalue weighted by molar-refractivity contribution is 0.0512. The summed E-state index contributed by atoms with van der Waals surface area (Å²) in [6.07, 6.45) is 1.34. The summed E-state index contributed by atoms with van der Waals surface area (Å²) >= 11 is 0. The molecule has 138 valence electrons. The summed E-state index contributed by atoms with van der Waals surface area (Å²) in [5, 5.41) is 6.61. The quantitative estimate of drug-likeness (QED) is 0.277. The molecule has 0 radical (unpaired) electrons. The second kappa shape index (κ2) is 11.5. The van der Waals surface area contributed by atoms with Crippen molar-refractivity contribution in [3.8, 4) is 0 Å². The maximum absolute atomic E-state index is 5.08. The highest BCUT2D eigenvalue weighted by Gasteiger charge is 2.32. The van der Waals surface area contributed by atoms with Crippen molar-refractivity contribution in [2.75, 3.05) is 46.4 Å². The molecule has 1 saturated heterocycles. The van der Waals surface area contributed by atoms with Gasteiger partial charge in [-0.1, -0.05) is 13.8 Å². The molecule has 0 aromatic rings. The van der Waals surface area contributed by atoms with Gasteiger partial charge in [0.1, 0.15) is 0 Å². The molecule has 0 spiro atoms. The molecule has 0 aliphatic carbocycles. The zero-order valence-electron chi connectivity index (χ0n) is 15.8. The molecule has 0 aromatic heterocycles. The molecule has 2 atom stereocenters. The van der Waals surface area contributed by atoms with Gasteiger partial charge in [0.25, 0.3) is 0 Å². The van der Waals surface area contributed by atoms with Crippen LogP contribution in [0.15, 0.2) is 4.99 Å². The highest BCUT2D eigenvalue weighted by molar-refractivity contribution is 14.0. The predicted octanol–water partition coefficient (Wildman–Crippen LogP) is 2.56. The largest absolute Gasteiger partial charge is 0.383 e. The van der Waals surface area contributed by atoms with Crippen LogP contribution >= 0.6 is 24.0 Å². The minimum atomic E-state index is 0. The number of ether oxygens (including phenoxy) is 1. The van der Waals surface area contributed by atoms with E-state index in [1.54, 1.807) is 7.11 Å². The van der Waals surface area contributed by atoms with E-state index in [0.29, 0.717) is 6.61 Å². The third-order valence-electron chi connectivity index (χ3n) is 4.29. The number of rotatable bonds is 7. The molecule has 5 nitrogen and oxygen atoms in total. The van der Waals surface area contributed by atoms with E-state index in [-0.39, 0.29) is 29.5 Å². The third-order valence-corrected chi connectivity index (χ3v) is 4.29. The van der Waals surface area contributed by atoms with Crippen molar-refractivity contribution in [1.82, 2.24) is 15.5 Å². The van der Waals surface area contributed by atoms with Crippen LogP contribution in [0.3, 0.4) is 0 Å². The average Bonchev–Trinajstić information content (AvgIpc) is 2.44. The molecule has 0 aromatic carbocycles. The van der Waals surface area contributed by atoms with Crippen molar-refractivity contribution >= 4 is 29.9 Å². The Morgan fingerprint density at radius 2 is 1.83 bits per heavy atom. The number of hydrogen-bond donors (Lipinski definition) is 2. The number of halogens is 1. The van der Waals surface area contributed by atoms with Crippen LogP contribution in [0.1, 0.15) is 41.0 Å². The van der Waals surface area contributed by atoms with E-state index in [1.165, 1.54) is 19.5 Å². The van der Waals surface area contributed by atoms with Crippen molar-refractivity contribution in [2.24, 2.45) is 16.8 Å². The van der Waals surface area contributed by atoms with Gasteiger partial charge < -0.3 is 15.4 Å². The number of hydrogen-bond acceptors (Lipinski definition) is 3. The van der Waals surface area contributed by atoms with Crippen molar-refractivity contribution in [3.05, 3.63) is 0 Å². The first-order valence-corrected chi connectivity index (χ1v) is 8.65. The van der Waals surface area contributed by atoms with Gasteiger partial charge in [0.15, 0.2) is 5.96 Å². The molecule has 1 aliphatic rings. The van der Waals surface area contributed by atoms with E-state index in [2.05, 4.69) is 50.2 Å². The van der Waals surface area contributed by atoms with Crippen molar-refractivity contribution in [3.63, 3.8) is 0 Å². The normalized spacial score (nSPS) is 23.3. The lowest BCUT2D eigenvalue weighted by Gasteiger charge is -2.44. The van der Waals surface area contributed by atoms with Crippen LogP contribution in [0.5, 0.6) is 0 Å². The first-order chi connectivity index (χ1) is 10.4. The Morgan fingerprint density at radius 1 is 1.22 bits per heavy atom. The average molecular weight is 440 g/mol. The summed E-state index contributed by atoms with van der Waals surface area (Å²) in [7, 11) is 1.72. The van der Waals surface area contributed by atoms with E-state index in [9.17, 15) is 0 Å². The molecule has 1 rings (SSSR count). The van der Waals surface area contributed by atoms with Gasteiger partial charge in [0, 0.05) is 38.8 Å². The van der Waals surface area contributed by atoms with Gasteiger partial charge >= 0.3 is 0 Å². The molecule has 1 fully saturated rings. The molecular formula is C17H37IN4O. The number of nitrogens with zero attached hydrogens (tertiary/aromatic N) is 2. The van der Waals surface area contributed by atoms with Gasteiger partial charge in [0.05, 0.1) is 13.2 Å². The Labute approximate surface area is 160 Å². The topological polar surface area (TPSA) is 48.9 Å². The highest BCUT2D eigenvalue weighted by atomic mass is 127. The monoisotopic (exact) mass is 440 g/mol. The van der Waals surface area contributed by atoms with Crippen molar-refractivity contribution in [2.45, 2.75) is 46.6 Å². The molecule has 0 bridgehead atoms. The SMILES string of the molecule is CCNC(=NCC(C)(C)N1CC(C)CC(C)C1)NCCOC.I. The van der Waals surface area contributed by atoms with E-state index < -0.39 is 0 Å². The van der Waals surface area contributed by atoms with E-state index in [1.807, 2.05) is 0 Å². The summed E-state index contributed by atoms with van der Waals surface area (Å²) in [6.45, 7) is 16.9. The molecular weight excluding hydrogens is 403 g/mol. The van der Waals surface area contributed by atoms with Gasteiger partial charge in [-0.2, -0.15) is 0 Å². The smallest absolute Gasteiger partial charge is 0.191 e.